The first kappa shape index (κ1) is 29.0. The van der Waals surface area contributed by atoms with E-state index >= 15 is 4.39 Å². The molecule has 0 spiro atoms. The Morgan fingerprint density at radius 2 is 2.04 bits per heavy atom. The molecule has 2 N–H and O–H groups in total. The fourth-order valence-corrected chi connectivity index (χ4v) is 8.53. The van der Waals surface area contributed by atoms with E-state index in [0.717, 1.165) is 51.9 Å². The smallest absolute Gasteiger partial charge is 0.319 e. The molecule has 6 heterocycles. The van der Waals surface area contributed by atoms with Crippen LogP contribution in [0.3, 0.4) is 0 Å². The van der Waals surface area contributed by atoms with Gasteiger partial charge in [0.05, 0.1) is 12.6 Å². The maximum absolute atomic E-state index is 17.1. The number of piperidine rings is 1. The molecule has 4 aliphatic heterocycles. The van der Waals surface area contributed by atoms with E-state index in [2.05, 4.69) is 28.0 Å². The molecule has 2 aromatic heterocycles. The van der Waals surface area contributed by atoms with Crippen molar-refractivity contribution in [2.75, 3.05) is 44.3 Å². The first-order valence-electron chi connectivity index (χ1n) is 17.0. The van der Waals surface area contributed by atoms with Gasteiger partial charge in [0.2, 0.25) is 5.88 Å². The minimum Gasteiger partial charge on any atom is -0.508 e. The molecule has 47 heavy (non-hydrogen) atoms. The number of nitrogens with zero attached hydrogens (tertiary/aromatic N) is 5. The van der Waals surface area contributed by atoms with Crippen molar-refractivity contribution in [2.45, 2.75) is 63.6 Å². The van der Waals surface area contributed by atoms with E-state index in [1.54, 1.807) is 12.1 Å². The van der Waals surface area contributed by atoms with Crippen LogP contribution in [0.25, 0.3) is 32.9 Å². The summed E-state index contributed by atoms with van der Waals surface area (Å²) >= 11 is 0. The van der Waals surface area contributed by atoms with Crippen molar-refractivity contribution in [1.29, 1.82) is 0 Å². The fourth-order valence-electron chi connectivity index (χ4n) is 8.53. The number of piperazine rings is 1. The van der Waals surface area contributed by atoms with Gasteiger partial charge in [0.1, 0.15) is 34.8 Å². The summed E-state index contributed by atoms with van der Waals surface area (Å²) in [5, 5.41) is 16.2. The van der Waals surface area contributed by atoms with Crippen molar-refractivity contribution in [3.8, 4) is 41.2 Å². The average Bonchev–Trinajstić information content (AvgIpc) is 3.76. The number of phenolic OH excluding ortho intramolecular Hbond substituents is 1. The third-order valence-corrected chi connectivity index (χ3v) is 11.1. The summed E-state index contributed by atoms with van der Waals surface area (Å²) in [5.74, 6) is 3.67. The molecule has 1 saturated carbocycles. The van der Waals surface area contributed by atoms with Gasteiger partial charge < -0.3 is 29.7 Å². The number of rotatable bonds is 6. The standard InChI is InChI=1S/C37H39FN6O3/c1-3-22-7-4-8-23-14-25(45)15-26(29(22)23)32-31(38)33-30-34(44-17-24-9-10-27(39-24)28(44)18-46-35(30)40-32)42-36(41-33)47-20-37(11-12-37)19-43-13-5-6-21(2)16-43/h1,4,7-8,14-15,21,24,27-28,39,45H,5-6,9-13,16-20H2,2H3/t21-,24-,27+,28-/m1/s1. The second kappa shape index (κ2) is 10.9. The van der Waals surface area contributed by atoms with Crippen LogP contribution in [0.5, 0.6) is 17.6 Å². The molecule has 4 atom stereocenters. The molecule has 4 aromatic rings. The number of likely N-dealkylation sites (tertiary alicyclic amines) is 1. The SMILES string of the molecule is C#Cc1cccc2cc(O)cc(-c3nc4c5c(nc(OCC6(CN7CCC[C@@H](C)C7)CC6)nc5c3F)N3C[C@H]5CC[C@H](N5)[C@H]3CO4)c12. The highest BCUT2D eigenvalue weighted by Crippen LogP contribution is 2.48. The van der Waals surface area contributed by atoms with E-state index in [0.29, 0.717) is 58.3 Å². The molecule has 4 fully saturated rings. The minimum absolute atomic E-state index is 0.00548. The third kappa shape index (κ3) is 4.94. The first-order chi connectivity index (χ1) is 22.9. The van der Waals surface area contributed by atoms with E-state index in [-0.39, 0.29) is 46.3 Å². The number of ether oxygens (including phenoxy) is 2. The molecule has 242 valence electrons. The van der Waals surface area contributed by atoms with Crippen LogP contribution in [0, 0.1) is 29.5 Å². The summed E-state index contributed by atoms with van der Waals surface area (Å²) in [6, 6.07) is 9.33. The molecule has 2 aromatic carbocycles. The maximum Gasteiger partial charge on any atom is 0.319 e. The Morgan fingerprint density at radius 3 is 2.87 bits per heavy atom. The summed E-state index contributed by atoms with van der Waals surface area (Å²) < 4.78 is 29.9. The molecule has 10 heteroatoms. The minimum atomic E-state index is -0.625. The van der Waals surface area contributed by atoms with Gasteiger partial charge in [-0.15, -0.1) is 6.42 Å². The lowest BCUT2D eigenvalue weighted by atomic mass is 9.96. The molecular weight excluding hydrogens is 595 g/mol. The number of terminal acetylenes is 1. The summed E-state index contributed by atoms with van der Waals surface area (Å²) in [6.45, 7) is 7.19. The van der Waals surface area contributed by atoms with Crippen molar-refractivity contribution in [3.63, 3.8) is 0 Å². The molecule has 5 aliphatic rings. The number of nitrogens with one attached hydrogen (secondary N) is 1. The lowest BCUT2D eigenvalue weighted by Gasteiger charge is -2.40. The molecule has 1 aliphatic carbocycles. The van der Waals surface area contributed by atoms with Gasteiger partial charge in [0.25, 0.3) is 0 Å². The highest BCUT2D eigenvalue weighted by molar-refractivity contribution is 6.04. The van der Waals surface area contributed by atoms with Crippen molar-refractivity contribution in [1.82, 2.24) is 25.2 Å². The van der Waals surface area contributed by atoms with Crippen LogP contribution < -0.4 is 19.7 Å². The Bertz CT molecular complexity index is 1960. The molecule has 9 rings (SSSR count). The third-order valence-electron chi connectivity index (χ3n) is 11.1. The second-order valence-corrected chi connectivity index (χ2v) is 14.5. The van der Waals surface area contributed by atoms with Crippen LogP contribution in [-0.2, 0) is 0 Å². The van der Waals surface area contributed by atoms with Crippen LogP contribution in [0.4, 0.5) is 10.2 Å². The molecule has 2 bridgehead atoms. The molecule has 0 unspecified atom stereocenters. The van der Waals surface area contributed by atoms with Crippen molar-refractivity contribution >= 4 is 27.5 Å². The van der Waals surface area contributed by atoms with Crippen molar-refractivity contribution < 1.29 is 19.0 Å². The Hall–Kier alpha value is -4.20. The van der Waals surface area contributed by atoms with Gasteiger partial charge >= 0.3 is 6.01 Å². The lowest BCUT2D eigenvalue weighted by Crippen LogP contribution is -2.60. The number of halogens is 1. The number of aromatic hydroxyl groups is 1. The fraction of sp³-hybridized carbons (Fsp3) is 0.486. The summed E-state index contributed by atoms with van der Waals surface area (Å²) in [7, 11) is 0. The van der Waals surface area contributed by atoms with Gasteiger partial charge in [-0.2, -0.15) is 9.97 Å². The Morgan fingerprint density at radius 1 is 1.15 bits per heavy atom. The highest BCUT2D eigenvalue weighted by Gasteiger charge is 2.46. The zero-order chi connectivity index (χ0) is 31.9. The van der Waals surface area contributed by atoms with Crippen molar-refractivity contribution in [3.05, 3.63) is 41.7 Å². The van der Waals surface area contributed by atoms with Gasteiger partial charge in [0.15, 0.2) is 5.82 Å². The summed E-state index contributed by atoms with van der Waals surface area (Å²) in [4.78, 5) is 19.4. The van der Waals surface area contributed by atoms with Crippen LogP contribution in [0.1, 0.15) is 51.0 Å². The Labute approximate surface area is 273 Å². The molecule has 0 amide bonds. The number of anilines is 1. The molecule has 9 nitrogen and oxygen atoms in total. The number of hydrogen-bond acceptors (Lipinski definition) is 9. The number of phenols is 1. The van der Waals surface area contributed by atoms with Gasteiger partial charge in [0, 0.05) is 53.6 Å². The zero-order valence-electron chi connectivity index (χ0n) is 26.6. The van der Waals surface area contributed by atoms with Crippen molar-refractivity contribution in [2.24, 2.45) is 11.3 Å². The molecule has 3 saturated heterocycles. The van der Waals surface area contributed by atoms with Gasteiger partial charge in [-0.25, -0.2) is 9.37 Å². The highest BCUT2D eigenvalue weighted by atomic mass is 19.1. The molecule has 0 radical (unpaired) electrons. The van der Waals surface area contributed by atoms with Crippen LogP contribution >= 0.6 is 0 Å². The zero-order valence-corrected chi connectivity index (χ0v) is 26.6. The maximum atomic E-state index is 17.1. The van der Waals surface area contributed by atoms with E-state index in [9.17, 15) is 5.11 Å². The number of pyridine rings is 1. The van der Waals surface area contributed by atoms with Gasteiger partial charge in [-0.05, 0) is 74.6 Å². The molecular formula is C37H39FN6O3. The van der Waals surface area contributed by atoms with E-state index in [4.69, 9.17) is 30.8 Å². The number of hydrogen-bond donors (Lipinski definition) is 2. The predicted octanol–water partition coefficient (Wildman–Crippen LogP) is 5.26. The first-order valence-corrected chi connectivity index (χ1v) is 17.0. The van der Waals surface area contributed by atoms with E-state index in [1.807, 2.05) is 12.1 Å². The lowest BCUT2D eigenvalue weighted by molar-refractivity contribution is 0.119. The van der Waals surface area contributed by atoms with Gasteiger partial charge in [-0.1, -0.05) is 25.0 Å². The number of benzene rings is 2. The topological polar surface area (TPSA) is 95.9 Å². The van der Waals surface area contributed by atoms with E-state index < -0.39 is 5.82 Å². The van der Waals surface area contributed by atoms with Gasteiger partial charge in [-0.3, -0.25) is 0 Å². The van der Waals surface area contributed by atoms with Crippen LogP contribution in [0.2, 0.25) is 0 Å². The largest absolute Gasteiger partial charge is 0.508 e. The monoisotopic (exact) mass is 634 g/mol. The summed E-state index contributed by atoms with van der Waals surface area (Å²) in [5.41, 5.74) is 1.15. The average molecular weight is 635 g/mol. The Kier molecular flexibility index (Phi) is 6.74. The normalized spacial score (nSPS) is 26.0. The predicted molar refractivity (Wildman–Crippen MR) is 178 cm³/mol. The number of fused-ring (bicyclic) bond motifs is 6. The van der Waals surface area contributed by atoms with Crippen LogP contribution in [-0.4, -0.2) is 82.5 Å². The second-order valence-electron chi connectivity index (χ2n) is 14.5. The Balaban J connectivity index is 1.17. The number of aromatic nitrogens is 3. The van der Waals surface area contributed by atoms with Crippen LogP contribution in [0.15, 0.2) is 30.3 Å². The van der Waals surface area contributed by atoms with E-state index in [1.165, 1.54) is 18.9 Å². The quantitative estimate of drug-likeness (QED) is 0.275. The summed E-state index contributed by atoms with van der Waals surface area (Å²) in [6.07, 6.45) is 12.7.